The number of anilines is 1. The van der Waals surface area contributed by atoms with Crippen LogP contribution in [-0.2, 0) is 0 Å². The van der Waals surface area contributed by atoms with Crippen LogP contribution in [0.3, 0.4) is 0 Å². The summed E-state index contributed by atoms with van der Waals surface area (Å²) in [6.45, 7) is 3.38. The highest BCUT2D eigenvalue weighted by Crippen LogP contribution is 2.27. The molecular weight excluding hydrogens is 249 g/mol. The normalized spacial score (nSPS) is 15.2. The lowest BCUT2D eigenvalue weighted by Gasteiger charge is -2.16. The van der Waals surface area contributed by atoms with Gasteiger partial charge in [0, 0.05) is 13.6 Å². The first kappa shape index (κ1) is 11.4. The monoisotopic (exact) mass is 259 g/mol. The quantitative estimate of drug-likeness (QED) is 0.782. The van der Waals surface area contributed by atoms with Gasteiger partial charge >= 0.3 is 0 Å². The molecule has 5 nitrogen and oxygen atoms in total. The zero-order valence-corrected chi connectivity index (χ0v) is 10.5. The second-order valence-electron chi connectivity index (χ2n) is 3.48. The molecule has 0 spiro atoms. The number of halogens is 2. The molecule has 16 heavy (non-hydrogen) atoms. The van der Waals surface area contributed by atoms with Gasteiger partial charge in [-0.3, -0.25) is 4.99 Å². The van der Waals surface area contributed by atoms with Crippen molar-refractivity contribution in [2.45, 2.75) is 6.92 Å². The maximum Gasteiger partial charge on any atom is 0.198 e. The Morgan fingerprint density at radius 3 is 2.38 bits per heavy atom. The van der Waals surface area contributed by atoms with Crippen molar-refractivity contribution < 1.29 is 0 Å². The van der Waals surface area contributed by atoms with E-state index in [0.717, 1.165) is 19.0 Å². The van der Waals surface area contributed by atoms with Gasteiger partial charge in [-0.2, -0.15) is 0 Å². The van der Waals surface area contributed by atoms with E-state index in [1.807, 2.05) is 11.9 Å². The largest absolute Gasteiger partial charge is 0.344 e. The fourth-order valence-electron chi connectivity index (χ4n) is 1.39. The van der Waals surface area contributed by atoms with Crippen LogP contribution < -0.4 is 5.32 Å². The molecule has 7 heteroatoms. The van der Waals surface area contributed by atoms with Gasteiger partial charge in [-0.1, -0.05) is 23.2 Å². The van der Waals surface area contributed by atoms with E-state index in [4.69, 9.17) is 23.2 Å². The van der Waals surface area contributed by atoms with Gasteiger partial charge < -0.3 is 10.2 Å². The molecule has 0 aliphatic carbocycles. The Morgan fingerprint density at radius 2 is 1.88 bits per heavy atom. The first-order valence-corrected chi connectivity index (χ1v) is 5.56. The van der Waals surface area contributed by atoms with Crippen molar-refractivity contribution in [3.63, 3.8) is 0 Å². The van der Waals surface area contributed by atoms with Crippen molar-refractivity contribution in [1.82, 2.24) is 14.9 Å². The molecule has 0 atom stereocenters. The summed E-state index contributed by atoms with van der Waals surface area (Å²) in [6, 6.07) is 0. The molecule has 0 unspecified atom stereocenters. The molecule has 1 aliphatic rings. The third-order valence-corrected chi connectivity index (χ3v) is 2.77. The SMILES string of the molecule is Cc1nc(Cl)c(NC2=NCCN2C)c(Cl)n1. The minimum atomic E-state index is 0.306. The van der Waals surface area contributed by atoms with E-state index >= 15 is 0 Å². The van der Waals surface area contributed by atoms with Gasteiger partial charge in [-0.15, -0.1) is 0 Å². The number of likely N-dealkylation sites (N-methyl/N-ethyl adjacent to an activating group) is 1. The van der Waals surface area contributed by atoms with E-state index < -0.39 is 0 Å². The maximum absolute atomic E-state index is 5.99. The number of hydrogen-bond acceptors (Lipinski definition) is 5. The number of aromatic nitrogens is 2. The van der Waals surface area contributed by atoms with Crippen LogP contribution in [0.5, 0.6) is 0 Å². The van der Waals surface area contributed by atoms with Crippen LogP contribution in [0.1, 0.15) is 5.82 Å². The Balaban J connectivity index is 2.28. The van der Waals surface area contributed by atoms with Crippen LogP contribution in [0.2, 0.25) is 10.3 Å². The summed E-state index contributed by atoms with van der Waals surface area (Å²) in [5.74, 6) is 1.28. The molecule has 0 saturated heterocycles. The Hall–Kier alpha value is -1.07. The van der Waals surface area contributed by atoms with E-state index in [9.17, 15) is 0 Å². The summed E-state index contributed by atoms with van der Waals surface area (Å²) in [6.07, 6.45) is 0. The number of hydrogen-bond donors (Lipinski definition) is 1. The molecular formula is C9H11Cl2N5. The number of aliphatic imine (C=N–C) groups is 1. The first-order valence-electron chi connectivity index (χ1n) is 4.80. The molecule has 86 valence electrons. The van der Waals surface area contributed by atoms with Gasteiger partial charge in [0.15, 0.2) is 16.3 Å². The van der Waals surface area contributed by atoms with Crippen molar-refractivity contribution in [2.75, 3.05) is 25.5 Å². The summed E-state index contributed by atoms with van der Waals surface area (Å²) in [4.78, 5) is 14.3. The predicted molar refractivity (Wildman–Crippen MR) is 65.3 cm³/mol. The van der Waals surface area contributed by atoms with E-state index in [1.165, 1.54) is 0 Å². The first-order chi connectivity index (χ1) is 7.58. The predicted octanol–water partition coefficient (Wildman–Crippen LogP) is 1.81. The lowest BCUT2D eigenvalue weighted by Crippen LogP contribution is -2.29. The minimum Gasteiger partial charge on any atom is -0.344 e. The lowest BCUT2D eigenvalue weighted by molar-refractivity contribution is 0.555. The Labute approximate surface area is 104 Å². The molecule has 0 bridgehead atoms. The van der Waals surface area contributed by atoms with Gasteiger partial charge in [0.05, 0.1) is 6.54 Å². The zero-order chi connectivity index (χ0) is 11.7. The molecule has 0 amide bonds. The third-order valence-electron chi connectivity index (χ3n) is 2.23. The Kier molecular flexibility index (Phi) is 3.16. The molecule has 1 aromatic heterocycles. The number of nitrogens with zero attached hydrogens (tertiary/aromatic N) is 4. The average molecular weight is 260 g/mol. The van der Waals surface area contributed by atoms with Gasteiger partial charge in [0.1, 0.15) is 11.5 Å². The van der Waals surface area contributed by atoms with E-state index in [-0.39, 0.29) is 0 Å². The Bertz CT molecular complexity index is 423. The van der Waals surface area contributed by atoms with Crippen molar-refractivity contribution >= 4 is 34.8 Å². The van der Waals surface area contributed by atoms with Crippen molar-refractivity contribution in [3.8, 4) is 0 Å². The smallest absolute Gasteiger partial charge is 0.198 e. The highest BCUT2D eigenvalue weighted by molar-refractivity contribution is 6.38. The van der Waals surface area contributed by atoms with Crippen molar-refractivity contribution in [3.05, 3.63) is 16.1 Å². The molecule has 0 radical (unpaired) electrons. The van der Waals surface area contributed by atoms with Gasteiger partial charge in [0.2, 0.25) is 0 Å². The highest BCUT2D eigenvalue weighted by atomic mass is 35.5. The second kappa shape index (κ2) is 4.43. The topological polar surface area (TPSA) is 53.4 Å². The van der Waals surface area contributed by atoms with E-state index in [0.29, 0.717) is 21.8 Å². The fourth-order valence-corrected chi connectivity index (χ4v) is 1.95. The average Bonchev–Trinajstić information content (AvgIpc) is 2.57. The van der Waals surface area contributed by atoms with Crippen molar-refractivity contribution in [2.24, 2.45) is 4.99 Å². The maximum atomic E-state index is 5.99. The lowest BCUT2D eigenvalue weighted by atomic mass is 10.5. The van der Waals surface area contributed by atoms with E-state index in [1.54, 1.807) is 6.92 Å². The second-order valence-corrected chi connectivity index (χ2v) is 4.20. The fraction of sp³-hybridized carbons (Fsp3) is 0.444. The molecule has 0 aromatic carbocycles. The summed E-state index contributed by atoms with van der Waals surface area (Å²) in [5, 5.41) is 3.65. The number of rotatable bonds is 1. The van der Waals surface area contributed by atoms with Crippen LogP contribution in [0.4, 0.5) is 5.69 Å². The van der Waals surface area contributed by atoms with Crippen LogP contribution in [0.25, 0.3) is 0 Å². The number of aryl methyl sites for hydroxylation is 1. The zero-order valence-electron chi connectivity index (χ0n) is 8.96. The molecule has 1 aromatic rings. The van der Waals surface area contributed by atoms with Gasteiger partial charge in [0.25, 0.3) is 0 Å². The number of nitrogens with one attached hydrogen (secondary N) is 1. The molecule has 0 saturated carbocycles. The summed E-state index contributed by atoms with van der Waals surface area (Å²) >= 11 is 12.0. The molecule has 1 aliphatic heterocycles. The van der Waals surface area contributed by atoms with Crippen LogP contribution >= 0.6 is 23.2 Å². The van der Waals surface area contributed by atoms with Crippen LogP contribution in [0.15, 0.2) is 4.99 Å². The van der Waals surface area contributed by atoms with Crippen molar-refractivity contribution in [1.29, 1.82) is 0 Å². The third kappa shape index (κ3) is 2.20. The summed E-state index contributed by atoms with van der Waals surface area (Å²) in [5.41, 5.74) is 0.501. The van der Waals surface area contributed by atoms with Crippen LogP contribution in [0, 0.1) is 6.92 Å². The molecule has 2 rings (SSSR count). The standard InChI is InChI=1S/C9H11Cl2N5/c1-5-13-7(10)6(8(11)14-5)15-9-12-3-4-16(9)2/h3-4H2,1-2H3,(H,12,15). The van der Waals surface area contributed by atoms with E-state index in [2.05, 4.69) is 20.3 Å². The molecule has 2 heterocycles. The van der Waals surface area contributed by atoms with Crippen LogP contribution in [-0.4, -0.2) is 41.0 Å². The summed E-state index contributed by atoms with van der Waals surface area (Å²) in [7, 11) is 1.94. The minimum absolute atomic E-state index is 0.306. The number of guanidine groups is 1. The Morgan fingerprint density at radius 1 is 1.25 bits per heavy atom. The van der Waals surface area contributed by atoms with Gasteiger partial charge in [-0.05, 0) is 6.92 Å². The summed E-state index contributed by atoms with van der Waals surface area (Å²) < 4.78 is 0. The molecule has 1 N–H and O–H groups in total. The van der Waals surface area contributed by atoms with Gasteiger partial charge in [-0.25, -0.2) is 9.97 Å². The highest BCUT2D eigenvalue weighted by Gasteiger charge is 2.17. The molecule has 0 fully saturated rings.